The minimum atomic E-state index is -0.739. The lowest BCUT2D eigenvalue weighted by Gasteiger charge is -2.02. The molecule has 0 bridgehead atoms. The molecule has 0 heterocycles. The molecular weight excluding hydrogens is 304 g/mol. The van der Waals surface area contributed by atoms with E-state index in [-0.39, 0.29) is 11.7 Å². The number of allylic oxidation sites excluding steroid dienone is 7. The molecule has 0 radical (unpaired) electrons. The van der Waals surface area contributed by atoms with Gasteiger partial charge in [0.15, 0.2) is 0 Å². The maximum absolute atomic E-state index is 10.4. The van der Waals surface area contributed by atoms with E-state index in [1.807, 2.05) is 18.2 Å². The van der Waals surface area contributed by atoms with Gasteiger partial charge in [0.2, 0.25) is 0 Å². The Morgan fingerprint density at radius 1 is 1.00 bits per heavy atom. The Kier molecular flexibility index (Phi) is 16.2. The Hall–Kier alpha value is -1.22. The van der Waals surface area contributed by atoms with Crippen LogP contribution in [0.4, 0.5) is 0 Å². The first-order valence-corrected chi connectivity index (χ1v) is 9.21. The zero-order valence-electron chi connectivity index (χ0n) is 14.4. The van der Waals surface area contributed by atoms with Crippen LogP contribution >= 0.6 is 12.6 Å². The highest BCUT2D eigenvalue weighted by atomic mass is 32.1. The molecule has 0 aliphatic rings. The summed E-state index contributed by atoms with van der Waals surface area (Å²) in [7, 11) is 0. The van der Waals surface area contributed by atoms with Gasteiger partial charge in [-0.3, -0.25) is 4.79 Å². The highest BCUT2D eigenvalue weighted by Crippen LogP contribution is 2.08. The molecule has 0 aliphatic heterocycles. The SMILES string of the molecule is CCCCC/C=C\C/C=C\C/C=C\C=C\[C@H](S)CCCC(=O)O. The standard InChI is InChI=1S/C20H32O2S/c1-2-3-4-5-6-7-8-9-10-11-12-13-14-16-19(23)17-15-18-20(21)22/h6-7,9-10,12-14,16,19,23H,2-5,8,11,15,17-18H2,1H3,(H,21,22)/b7-6-,10-9-,13-12-,16-14+/t19-/m0/s1. The van der Waals surface area contributed by atoms with Gasteiger partial charge in [-0.05, 0) is 38.5 Å². The summed E-state index contributed by atoms with van der Waals surface area (Å²) in [5.74, 6) is -0.739. The second-order valence-corrected chi connectivity index (χ2v) is 6.24. The van der Waals surface area contributed by atoms with E-state index in [0.29, 0.717) is 6.42 Å². The van der Waals surface area contributed by atoms with Crippen LogP contribution in [0.1, 0.15) is 64.7 Å². The number of unbranched alkanes of at least 4 members (excludes halogenated alkanes) is 3. The average molecular weight is 337 g/mol. The fourth-order valence-electron chi connectivity index (χ4n) is 1.98. The number of hydrogen-bond acceptors (Lipinski definition) is 2. The Morgan fingerprint density at radius 2 is 1.70 bits per heavy atom. The first kappa shape index (κ1) is 21.8. The van der Waals surface area contributed by atoms with E-state index in [4.69, 9.17) is 5.11 Å². The van der Waals surface area contributed by atoms with Crippen molar-refractivity contribution < 1.29 is 9.90 Å². The third-order valence-corrected chi connectivity index (χ3v) is 3.75. The van der Waals surface area contributed by atoms with Crippen LogP contribution in [-0.2, 0) is 4.79 Å². The van der Waals surface area contributed by atoms with Gasteiger partial charge in [-0.25, -0.2) is 0 Å². The van der Waals surface area contributed by atoms with E-state index in [1.165, 1.54) is 25.7 Å². The minimum absolute atomic E-state index is 0.132. The quantitative estimate of drug-likeness (QED) is 0.173. The lowest BCUT2D eigenvalue weighted by atomic mass is 10.2. The minimum Gasteiger partial charge on any atom is -0.481 e. The van der Waals surface area contributed by atoms with E-state index < -0.39 is 5.97 Å². The Bertz CT molecular complexity index is 394. The molecule has 0 rings (SSSR count). The highest BCUT2D eigenvalue weighted by Gasteiger charge is 2.00. The van der Waals surface area contributed by atoms with Crippen LogP contribution < -0.4 is 0 Å². The molecule has 0 spiro atoms. The zero-order valence-corrected chi connectivity index (χ0v) is 15.3. The molecule has 0 aromatic heterocycles. The lowest BCUT2D eigenvalue weighted by Crippen LogP contribution is -1.98. The highest BCUT2D eigenvalue weighted by molar-refractivity contribution is 7.81. The molecule has 0 unspecified atom stereocenters. The second kappa shape index (κ2) is 17.1. The van der Waals surface area contributed by atoms with E-state index >= 15 is 0 Å². The van der Waals surface area contributed by atoms with Crippen molar-refractivity contribution in [3.8, 4) is 0 Å². The van der Waals surface area contributed by atoms with E-state index in [1.54, 1.807) is 0 Å². The summed E-state index contributed by atoms with van der Waals surface area (Å²) in [6, 6.07) is 0. The van der Waals surface area contributed by atoms with Crippen molar-refractivity contribution in [2.45, 2.75) is 70.0 Å². The van der Waals surface area contributed by atoms with Gasteiger partial charge in [-0.1, -0.05) is 68.4 Å². The fourth-order valence-corrected chi connectivity index (χ4v) is 2.27. The Morgan fingerprint density at radius 3 is 2.39 bits per heavy atom. The van der Waals surface area contributed by atoms with Gasteiger partial charge in [-0.15, -0.1) is 0 Å². The summed E-state index contributed by atoms with van der Waals surface area (Å²) in [6.45, 7) is 2.23. The summed E-state index contributed by atoms with van der Waals surface area (Å²) in [4.78, 5) is 10.4. The normalized spacial score (nSPS) is 13.8. The van der Waals surface area contributed by atoms with Crippen LogP contribution in [-0.4, -0.2) is 16.3 Å². The number of thiol groups is 1. The number of carboxylic acid groups (broad SMARTS) is 1. The predicted molar refractivity (Wildman–Crippen MR) is 104 cm³/mol. The van der Waals surface area contributed by atoms with Crippen LogP contribution in [0.5, 0.6) is 0 Å². The number of carboxylic acids is 1. The molecule has 3 heteroatoms. The van der Waals surface area contributed by atoms with Gasteiger partial charge < -0.3 is 5.11 Å². The molecule has 23 heavy (non-hydrogen) atoms. The molecule has 0 aromatic carbocycles. The maximum Gasteiger partial charge on any atom is 0.303 e. The van der Waals surface area contributed by atoms with Gasteiger partial charge in [-0.2, -0.15) is 12.6 Å². The van der Waals surface area contributed by atoms with Crippen molar-refractivity contribution in [1.82, 2.24) is 0 Å². The van der Waals surface area contributed by atoms with E-state index in [0.717, 1.165) is 19.3 Å². The predicted octanol–water partition coefficient (Wildman–Crippen LogP) is 6.13. The molecule has 1 atom stereocenters. The third-order valence-electron chi connectivity index (χ3n) is 3.32. The second-order valence-electron chi connectivity index (χ2n) is 5.58. The molecule has 0 amide bonds. The molecule has 0 aromatic rings. The monoisotopic (exact) mass is 336 g/mol. The van der Waals surface area contributed by atoms with Gasteiger partial charge in [0, 0.05) is 11.7 Å². The third kappa shape index (κ3) is 18.7. The van der Waals surface area contributed by atoms with Crippen molar-refractivity contribution in [2.24, 2.45) is 0 Å². The van der Waals surface area contributed by atoms with Gasteiger partial charge in [0.1, 0.15) is 0 Å². The maximum atomic E-state index is 10.4. The summed E-state index contributed by atoms with van der Waals surface area (Å²) < 4.78 is 0. The number of aliphatic carboxylic acids is 1. The van der Waals surface area contributed by atoms with Crippen LogP contribution in [0.25, 0.3) is 0 Å². The van der Waals surface area contributed by atoms with Crippen molar-refractivity contribution in [1.29, 1.82) is 0 Å². The zero-order chi connectivity index (χ0) is 17.2. The molecule has 0 fully saturated rings. The van der Waals surface area contributed by atoms with Crippen LogP contribution in [0.3, 0.4) is 0 Å². The van der Waals surface area contributed by atoms with Crippen molar-refractivity contribution in [3.05, 3.63) is 48.6 Å². The largest absolute Gasteiger partial charge is 0.481 e. The number of carbonyl (C=O) groups is 1. The van der Waals surface area contributed by atoms with E-state index in [9.17, 15) is 4.79 Å². The molecular formula is C20H32O2S. The van der Waals surface area contributed by atoms with Crippen molar-refractivity contribution >= 4 is 18.6 Å². The molecule has 0 aliphatic carbocycles. The van der Waals surface area contributed by atoms with Crippen molar-refractivity contribution in [2.75, 3.05) is 0 Å². The Labute approximate surface area is 147 Å². The topological polar surface area (TPSA) is 37.3 Å². The average Bonchev–Trinajstić information content (AvgIpc) is 2.51. The molecule has 0 saturated carbocycles. The molecule has 1 N–H and O–H groups in total. The van der Waals surface area contributed by atoms with Crippen molar-refractivity contribution in [3.63, 3.8) is 0 Å². The molecule has 130 valence electrons. The molecule has 2 nitrogen and oxygen atoms in total. The van der Waals surface area contributed by atoms with Gasteiger partial charge >= 0.3 is 5.97 Å². The van der Waals surface area contributed by atoms with Gasteiger partial charge in [0.05, 0.1) is 0 Å². The number of hydrogen-bond donors (Lipinski definition) is 2. The van der Waals surface area contributed by atoms with Crippen LogP contribution in [0.2, 0.25) is 0 Å². The van der Waals surface area contributed by atoms with E-state index in [2.05, 4.69) is 49.9 Å². The summed E-state index contributed by atoms with van der Waals surface area (Å²) in [5, 5.41) is 8.69. The smallest absolute Gasteiger partial charge is 0.303 e. The van der Waals surface area contributed by atoms with Crippen LogP contribution in [0.15, 0.2) is 48.6 Å². The molecule has 0 saturated heterocycles. The summed E-state index contributed by atoms with van der Waals surface area (Å²) >= 11 is 4.41. The summed E-state index contributed by atoms with van der Waals surface area (Å²) in [6.07, 6.45) is 25.7. The van der Waals surface area contributed by atoms with Gasteiger partial charge in [0.25, 0.3) is 0 Å². The Balaban J connectivity index is 3.59. The first-order chi connectivity index (χ1) is 11.2. The first-order valence-electron chi connectivity index (χ1n) is 8.70. The summed E-state index contributed by atoms with van der Waals surface area (Å²) in [5.41, 5.74) is 0. The fraction of sp³-hybridized carbons (Fsp3) is 0.550. The van der Waals surface area contributed by atoms with Crippen LogP contribution in [0, 0.1) is 0 Å². The number of rotatable bonds is 14. The lowest BCUT2D eigenvalue weighted by molar-refractivity contribution is -0.137.